The van der Waals surface area contributed by atoms with Crippen LogP contribution in [0.1, 0.15) is 45.0 Å². The summed E-state index contributed by atoms with van der Waals surface area (Å²) in [6.45, 7) is 1.93. The summed E-state index contributed by atoms with van der Waals surface area (Å²) in [7, 11) is 1.60. The van der Waals surface area contributed by atoms with Crippen LogP contribution < -0.4 is 5.56 Å². The van der Waals surface area contributed by atoms with E-state index in [0.717, 1.165) is 11.1 Å². The fourth-order valence-corrected chi connectivity index (χ4v) is 4.44. The zero-order chi connectivity index (χ0) is 25.8. The number of aromatic nitrogens is 1. The standard InChI is InChI=1S/C29H25FN2O4/c1-18-7-3-4-8-21(18)25(16-27(31-36)20-12-14-28(33)32(2)17-20)23-13-11-19(15-26(23)30)22-9-5-6-10-24(22)29(34)35/h3-15,17,25,36H,16H2,1-2H3,(H,34,35)/b31-27+. The van der Waals surface area contributed by atoms with E-state index in [0.29, 0.717) is 28.0 Å². The molecule has 1 atom stereocenters. The van der Waals surface area contributed by atoms with E-state index in [-0.39, 0.29) is 17.5 Å². The molecule has 1 heterocycles. The van der Waals surface area contributed by atoms with Gasteiger partial charge in [-0.05, 0) is 52.9 Å². The number of nitrogens with zero attached hydrogens (tertiary/aromatic N) is 2. The molecule has 1 unspecified atom stereocenters. The number of hydrogen-bond acceptors (Lipinski definition) is 4. The van der Waals surface area contributed by atoms with E-state index in [4.69, 9.17) is 0 Å². The van der Waals surface area contributed by atoms with Crippen LogP contribution in [0.15, 0.2) is 95.0 Å². The minimum absolute atomic E-state index is 0.0875. The van der Waals surface area contributed by atoms with E-state index < -0.39 is 17.7 Å². The van der Waals surface area contributed by atoms with Crippen molar-refractivity contribution < 1.29 is 19.5 Å². The van der Waals surface area contributed by atoms with Crippen molar-refractivity contribution in [1.29, 1.82) is 0 Å². The first-order chi connectivity index (χ1) is 17.3. The van der Waals surface area contributed by atoms with Gasteiger partial charge >= 0.3 is 5.97 Å². The molecule has 0 saturated carbocycles. The minimum Gasteiger partial charge on any atom is -0.478 e. The van der Waals surface area contributed by atoms with E-state index in [2.05, 4.69) is 5.16 Å². The summed E-state index contributed by atoms with van der Waals surface area (Å²) in [4.78, 5) is 23.5. The van der Waals surface area contributed by atoms with E-state index in [1.165, 1.54) is 22.8 Å². The third-order valence-electron chi connectivity index (χ3n) is 6.35. The second-order valence-corrected chi connectivity index (χ2v) is 8.61. The summed E-state index contributed by atoms with van der Waals surface area (Å²) in [5, 5.41) is 22.9. The van der Waals surface area contributed by atoms with Crippen molar-refractivity contribution in [2.24, 2.45) is 12.2 Å². The Morgan fingerprint density at radius 3 is 2.39 bits per heavy atom. The molecule has 0 aliphatic carbocycles. The highest BCUT2D eigenvalue weighted by Crippen LogP contribution is 2.35. The van der Waals surface area contributed by atoms with Gasteiger partial charge < -0.3 is 14.9 Å². The van der Waals surface area contributed by atoms with Gasteiger partial charge in [-0.2, -0.15) is 0 Å². The fraction of sp³-hybridized carbons (Fsp3) is 0.138. The maximum Gasteiger partial charge on any atom is 0.336 e. The number of aromatic carboxylic acids is 1. The van der Waals surface area contributed by atoms with Crippen LogP contribution in [0.2, 0.25) is 0 Å². The van der Waals surface area contributed by atoms with Gasteiger partial charge in [0.15, 0.2) is 0 Å². The van der Waals surface area contributed by atoms with Gasteiger partial charge in [-0.3, -0.25) is 4.79 Å². The summed E-state index contributed by atoms with van der Waals surface area (Å²) < 4.78 is 17.1. The number of benzene rings is 3. The Balaban J connectivity index is 1.81. The summed E-state index contributed by atoms with van der Waals surface area (Å²) >= 11 is 0. The predicted molar refractivity (Wildman–Crippen MR) is 136 cm³/mol. The van der Waals surface area contributed by atoms with Gasteiger partial charge in [0, 0.05) is 37.2 Å². The quantitative estimate of drug-likeness (QED) is 0.203. The molecule has 0 fully saturated rings. The molecule has 4 aromatic rings. The van der Waals surface area contributed by atoms with Crippen molar-refractivity contribution >= 4 is 11.7 Å². The minimum atomic E-state index is -1.09. The number of carbonyl (C=O) groups is 1. The highest BCUT2D eigenvalue weighted by molar-refractivity contribution is 6.00. The lowest BCUT2D eigenvalue weighted by Crippen LogP contribution is -2.18. The van der Waals surface area contributed by atoms with Crippen LogP contribution in [0.25, 0.3) is 11.1 Å². The van der Waals surface area contributed by atoms with Gasteiger partial charge in [0.25, 0.3) is 0 Å². The molecule has 182 valence electrons. The first-order valence-corrected chi connectivity index (χ1v) is 11.4. The maximum atomic E-state index is 15.7. The average Bonchev–Trinajstić information content (AvgIpc) is 2.87. The molecule has 0 bridgehead atoms. The van der Waals surface area contributed by atoms with E-state index in [1.807, 2.05) is 31.2 Å². The zero-order valence-corrected chi connectivity index (χ0v) is 19.9. The molecule has 6 nitrogen and oxygen atoms in total. The number of halogens is 1. The van der Waals surface area contributed by atoms with Crippen LogP contribution in [-0.4, -0.2) is 26.6 Å². The summed E-state index contributed by atoms with van der Waals surface area (Å²) in [5.41, 5.74) is 3.80. The number of hydrogen-bond donors (Lipinski definition) is 2. The average molecular weight is 485 g/mol. The lowest BCUT2D eigenvalue weighted by Gasteiger charge is -2.22. The number of carboxylic acids is 1. The highest BCUT2D eigenvalue weighted by atomic mass is 19.1. The molecule has 0 amide bonds. The second-order valence-electron chi connectivity index (χ2n) is 8.61. The van der Waals surface area contributed by atoms with E-state index in [1.54, 1.807) is 49.6 Å². The van der Waals surface area contributed by atoms with Gasteiger partial charge in [-0.25, -0.2) is 9.18 Å². The molecule has 0 spiro atoms. The van der Waals surface area contributed by atoms with Crippen molar-refractivity contribution in [3.8, 4) is 11.1 Å². The molecule has 7 heteroatoms. The van der Waals surface area contributed by atoms with Crippen LogP contribution in [0, 0.1) is 12.7 Å². The van der Waals surface area contributed by atoms with Crippen molar-refractivity contribution in [1.82, 2.24) is 4.57 Å². The van der Waals surface area contributed by atoms with Gasteiger partial charge in [0.2, 0.25) is 5.56 Å². The third-order valence-corrected chi connectivity index (χ3v) is 6.35. The zero-order valence-electron chi connectivity index (χ0n) is 19.9. The predicted octanol–water partition coefficient (Wildman–Crippen LogP) is 5.60. The van der Waals surface area contributed by atoms with Crippen LogP contribution >= 0.6 is 0 Å². The summed E-state index contributed by atoms with van der Waals surface area (Å²) in [6.07, 6.45) is 1.75. The Kier molecular flexibility index (Phi) is 7.10. The Morgan fingerprint density at radius 2 is 1.72 bits per heavy atom. The number of carboxylic acid groups (broad SMARTS) is 1. The Bertz CT molecular complexity index is 1520. The monoisotopic (exact) mass is 484 g/mol. The molecule has 3 aromatic carbocycles. The second kappa shape index (κ2) is 10.4. The van der Waals surface area contributed by atoms with Crippen LogP contribution in [0.4, 0.5) is 4.39 Å². The van der Waals surface area contributed by atoms with Gasteiger partial charge in [-0.15, -0.1) is 0 Å². The van der Waals surface area contributed by atoms with Crippen molar-refractivity contribution in [3.05, 3.63) is 129 Å². The molecule has 0 radical (unpaired) electrons. The third kappa shape index (κ3) is 4.95. The summed E-state index contributed by atoms with van der Waals surface area (Å²) in [6, 6.07) is 21.7. The SMILES string of the molecule is Cc1ccccc1C(C/C(=N\O)c1ccc(=O)n(C)c1)c1ccc(-c2ccccc2C(=O)O)cc1F. The molecule has 0 saturated heterocycles. The van der Waals surface area contributed by atoms with E-state index >= 15 is 4.39 Å². The van der Waals surface area contributed by atoms with Gasteiger partial charge in [0.1, 0.15) is 5.82 Å². The Hall–Kier alpha value is -4.52. The molecular formula is C29H25FN2O4. The molecule has 0 aliphatic heterocycles. The van der Waals surface area contributed by atoms with Crippen LogP contribution in [0.5, 0.6) is 0 Å². The topological polar surface area (TPSA) is 91.9 Å². The molecule has 36 heavy (non-hydrogen) atoms. The number of pyridine rings is 1. The first kappa shape index (κ1) is 24.6. The molecule has 0 aliphatic rings. The lowest BCUT2D eigenvalue weighted by molar-refractivity contribution is 0.0697. The van der Waals surface area contributed by atoms with Crippen molar-refractivity contribution in [2.75, 3.05) is 0 Å². The lowest BCUT2D eigenvalue weighted by atomic mass is 9.82. The summed E-state index contributed by atoms with van der Waals surface area (Å²) in [5.74, 6) is -2.09. The Morgan fingerprint density at radius 1 is 1.00 bits per heavy atom. The van der Waals surface area contributed by atoms with Gasteiger partial charge in [-0.1, -0.05) is 59.8 Å². The Labute approximate surface area is 207 Å². The van der Waals surface area contributed by atoms with Gasteiger partial charge in [0.05, 0.1) is 11.3 Å². The van der Waals surface area contributed by atoms with Crippen LogP contribution in [-0.2, 0) is 7.05 Å². The molecule has 4 rings (SSSR count). The molecule has 1 aromatic heterocycles. The molecular weight excluding hydrogens is 459 g/mol. The molecule has 2 N–H and O–H groups in total. The normalized spacial score (nSPS) is 12.4. The van der Waals surface area contributed by atoms with Crippen molar-refractivity contribution in [3.63, 3.8) is 0 Å². The number of aryl methyl sites for hydroxylation is 2. The number of rotatable bonds is 7. The van der Waals surface area contributed by atoms with Crippen LogP contribution in [0.3, 0.4) is 0 Å². The number of oxime groups is 1. The first-order valence-electron chi connectivity index (χ1n) is 11.4. The largest absolute Gasteiger partial charge is 0.478 e. The maximum absolute atomic E-state index is 15.7. The highest BCUT2D eigenvalue weighted by Gasteiger charge is 2.24. The smallest absolute Gasteiger partial charge is 0.336 e. The fourth-order valence-electron chi connectivity index (χ4n) is 4.44. The van der Waals surface area contributed by atoms with E-state index in [9.17, 15) is 19.9 Å². The van der Waals surface area contributed by atoms with Crippen molar-refractivity contribution in [2.45, 2.75) is 19.3 Å².